The van der Waals surface area contributed by atoms with Gasteiger partial charge in [-0.05, 0) is 30.7 Å². The first-order valence-electron chi connectivity index (χ1n) is 9.30. The third-order valence-electron chi connectivity index (χ3n) is 5.02. The fourth-order valence-corrected chi connectivity index (χ4v) is 4.52. The number of fused-ring (bicyclic) bond motifs is 2. The van der Waals surface area contributed by atoms with Gasteiger partial charge in [0, 0.05) is 33.3 Å². The quantitative estimate of drug-likeness (QED) is 0.825. The molecule has 0 saturated carbocycles. The second-order valence-electron chi connectivity index (χ2n) is 7.26. The van der Waals surface area contributed by atoms with Gasteiger partial charge in [0.05, 0.1) is 30.2 Å². The molecule has 0 aromatic heterocycles. The fraction of sp³-hybridized carbons (Fsp3) is 0.350. The molecule has 1 amide bonds. The summed E-state index contributed by atoms with van der Waals surface area (Å²) in [5, 5.41) is 2.82. The van der Waals surface area contributed by atoms with Crippen molar-refractivity contribution < 1.29 is 22.7 Å². The molecule has 1 saturated heterocycles. The Morgan fingerprint density at radius 3 is 2.48 bits per heavy atom. The van der Waals surface area contributed by atoms with Crippen molar-refractivity contribution >= 4 is 27.3 Å². The summed E-state index contributed by atoms with van der Waals surface area (Å²) in [6.07, 6.45) is 0. The first kappa shape index (κ1) is 19.7. The Morgan fingerprint density at radius 2 is 1.79 bits per heavy atom. The van der Waals surface area contributed by atoms with E-state index in [2.05, 4.69) is 5.32 Å². The minimum absolute atomic E-state index is 0.0732. The number of rotatable bonds is 3. The number of benzene rings is 2. The Hall–Kier alpha value is -2.62. The van der Waals surface area contributed by atoms with Gasteiger partial charge in [0.1, 0.15) is 10.6 Å². The van der Waals surface area contributed by atoms with Crippen LogP contribution >= 0.6 is 0 Å². The number of amides is 1. The lowest BCUT2D eigenvalue weighted by Gasteiger charge is -2.31. The highest BCUT2D eigenvalue weighted by molar-refractivity contribution is 7.89. The normalized spacial score (nSPS) is 16.6. The van der Waals surface area contributed by atoms with Crippen molar-refractivity contribution in [1.82, 2.24) is 4.31 Å². The fourth-order valence-electron chi connectivity index (χ4n) is 3.40. The van der Waals surface area contributed by atoms with Gasteiger partial charge in [-0.25, -0.2) is 12.7 Å². The van der Waals surface area contributed by atoms with Crippen LogP contribution in [0.25, 0.3) is 0 Å². The zero-order valence-corrected chi connectivity index (χ0v) is 17.4. The molecule has 1 fully saturated rings. The lowest BCUT2D eigenvalue weighted by molar-refractivity contribution is 0.102. The third kappa shape index (κ3) is 3.57. The van der Waals surface area contributed by atoms with Gasteiger partial charge >= 0.3 is 0 Å². The maximum Gasteiger partial charge on any atom is 0.259 e. The van der Waals surface area contributed by atoms with Crippen LogP contribution in [-0.2, 0) is 14.8 Å². The number of nitrogens with zero attached hydrogens (tertiary/aromatic N) is 2. The topological polar surface area (TPSA) is 88.2 Å². The average Bonchev–Trinajstić information content (AvgIpc) is 2.82. The van der Waals surface area contributed by atoms with Crippen molar-refractivity contribution in [2.24, 2.45) is 0 Å². The van der Waals surface area contributed by atoms with Gasteiger partial charge in [0.2, 0.25) is 10.0 Å². The number of anilines is 2. The second kappa shape index (κ2) is 7.33. The van der Waals surface area contributed by atoms with E-state index in [0.29, 0.717) is 49.2 Å². The number of carbonyl (C=O) groups is 1. The Bertz CT molecular complexity index is 1080. The lowest BCUT2D eigenvalue weighted by atomic mass is 10.1. The molecule has 2 aromatic carbocycles. The molecule has 2 aromatic rings. The molecule has 154 valence electrons. The molecule has 4 rings (SSSR count). The predicted octanol–water partition coefficient (Wildman–Crippen LogP) is 2.44. The molecular formula is C20H23N3O5S. The van der Waals surface area contributed by atoms with E-state index in [-0.39, 0.29) is 10.5 Å². The van der Waals surface area contributed by atoms with Gasteiger partial charge in [0.15, 0.2) is 5.75 Å². The van der Waals surface area contributed by atoms with Crippen molar-refractivity contribution in [2.45, 2.75) is 11.8 Å². The van der Waals surface area contributed by atoms with E-state index in [1.807, 2.05) is 24.0 Å². The van der Waals surface area contributed by atoms with E-state index >= 15 is 0 Å². The van der Waals surface area contributed by atoms with Gasteiger partial charge in [-0.2, -0.15) is 0 Å². The number of sulfonamides is 1. The molecule has 0 unspecified atom stereocenters. The van der Waals surface area contributed by atoms with Crippen LogP contribution in [0.3, 0.4) is 0 Å². The summed E-state index contributed by atoms with van der Waals surface area (Å²) in [6, 6.07) is 8.55. The summed E-state index contributed by atoms with van der Waals surface area (Å²) in [6.45, 7) is 4.03. The van der Waals surface area contributed by atoms with Crippen molar-refractivity contribution in [3.05, 3.63) is 41.5 Å². The molecule has 0 aliphatic carbocycles. The van der Waals surface area contributed by atoms with Gasteiger partial charge in [-0.1, -0.05) is 6.07 Å². The van der Waals surface area contributed by atoms with Crippen LogP contribution in [0.2, 0.25) is 0 Å². The number of ether oxygens (including phenoxy) is 2. The molecule has 29 heavy (non-hydrogen) atoms. The first-order chi connectivity index (χ1) is 13.8. The molecule has 0 radical (unpaired) electrons. The first-order valence-corrected chi connectivity index (χ1v) is 10.7. The molecular weight excluding hydrogens is 394 g/mol. The second-order valence-corrected chi connectivity index (χ2v) is 9.38. The summed E-state index contributed by atoms with van der Waals surface area (Å²) < 4.78 is 38.7. The highest BCUT2D eigenvalue weighted by Gasteiger charge is 2.31. The van der Waals surface area contributed by atoms with Crippen molar-refractivity contribution in [2.75, 3.05) is 50.6 Å². The Kier molecular flexibility index (Phi) is 4.97. The van der Waals surface area contributed by atoms with E-state index in [0.717, 1.165) is 9.87 Å². The highest BCUT2D eigenvalue weighted by atomic mass is 32.2. The van der Waals surface area contributed by atoms with Crippen LogP contribution in [-0.4, -0.2) is 59.0 Å². The smallest absolute Gasteiger partial charge is 0.259 e. The Balaban J connectivity index is 1.90. The van der Waals surface area contributed by atoms with Crippen molar-refractivity contribution in [3.8, 4) is 11.5 Å². The summed E-state index contributed by atoms with van der Waals surface area (Å²) >= 11 is 0. The molecule has 2 heterocycles. The summed E-state index contributed by atoms with van der Waals surface area (Å²) in [5.74, 6) is 0.427. The SMILES string of the molecule is Cc1ccc2c(c1)NC(=O)c1cc(S(=O)(=O)N(C)C)c(N3CCOCC3)cc1O2. The maximum atomic E-state index is 13.0. The molecule has 0 bridgehead atoms. The molecule has 0 atom stereocenters. The number of hydrogen-bond donors (Lipinski definition) is 1. The molecule has 2 aliphatic heterocycles. The van der Waals surface area contributed by atoms with E-state index < -0.39 is 15.9 Å². The van der Waals surface area contributed by atoms with Crippen LogP contribution in [0.4, 0.5) is 11.4 Å². The molecule has 2 aliphatic rings. The Labute approximate surface area is 170 Å². The number of aryl methyl sites for hydroxylation is 1. The minimum atomic E-state index is -3.78. The number of hydrogen-bond acceptors (Lipinski definition) is 6. The van der Waals surface area contributed by atoms with Crippen LogP contribution in [0.5, 0.6) is 11.5 Å². The van der Waals surface area contributed by atoms with Crippen LogP contribution in [0.15, 0.2) is 35.2 Å². The number of carbonyl (C=O) groups excluding carboxylic acids is 1. The predicted molar refractivity (Wildman–Crippen MR) is 110 cm³/mol. The van der Waals surface area contributed by atoms with Gasteiger partial charge in [0.25, 0.3) is 5.91 Å². The summed E-state index contributed by atoms with van der Waals surface area (Å²) in [7, 11) is -0.841. The molecule has 1 N–H and O–H groups in total. The van der Waals surface area contributed by atoms with E-state index in [1.54, 1.807) is 12.1 Å². The zero-order valence-electron chi connectivity index (χ0n) is 16.6. The van der Waals surface area contributed by atoms with Gasteiger partial charge in [-0.15, -0.1) is 0 Å². The molecule has 8 nitrogen and oxygen atoms in total. The van der Waals surface area contributed by atoms with E-state index in [4.69, 9.17) is 9.47 Å². The standard InChI is InChI=1S/C20H23N3O5S/c1-13-4-5-17-15(10-13)21-20(24)14-11-19(29(25,26)22(2)3)16(12-18(14)28-17)23-6-8-27-9-7-23/h4-5,10-12H,6-9H2,1-3H3,(H,21,24). The lowest BCUT2D eigenvalue weighted by Crippen LogP contribution is -2.37. The highest BCUT2D eigenvalue weighted by Crippen LogP contribution is 2.41. The van der Waals surface area contributed by atoms with Crippen LogP contribution < -0.4 is 15.0 Å². The van der Waals surface area contributed by atoms with E-state index in [1.165, 1.54) is 20.2 Å². The average molecular weight is 417 g/mol. The minimum Gasteiger partial charge on any atom is -0.454 e. The summed E-state index contributed by atoms with van der Waals surface area (Å²) in [5.41, 5.74) is 2.21. The van der Waals surface area contributed by atoms with Gasteiger partial charge in [-0.3, -0.25) is 4.79 Å². The zero-order chi connectivity index (χ0) is 20.8. The number of morpholine rings is 1. The Morgan fingerprint density at radius 1 is 1.07 bits per heavy atom. The van der Waals surface area contributed by atoms with Crippen LogP contribution in [0, 0.1) is 6.92 Å². The van der Waals surface area contributed by atoms with E-state index in [9.17, 15) is 13.2 Å². The van der Waals surface area contributed by atoms with Gasteiger partial charge < -0.3 is 19.7 Å². The number of nitrogens with one attached hydrogen (secondary N) is 1. The third-order valence-corrected chi connectivity index (χ3v) is 6.86. The van der Waals surface area contributed by atoms with Crippen molar-refractivity contribution in [3.63, 3.8) is 0 Å². The van der Waals surface area contributed by atoms with Crippen LogP contribution in [0.1, 0.15) is 15.9 Å². The van der Waals surface area contributed by atoms with Crippen molar-refractivity contribution in [1.29, 1.82) is 0 Å². The largest absolute Gasteiger partial charge is 0.454 e. The maximum absolute atomic E-state index is 13.0. The summed E-state index contributed by atoms with van der Waals surface area (Å²) in [4.78, 5) is 14.9. The molecule has 0 spiro atoms. The molecule has 9 heteroatoms. The monoisotopic (exact) mass is 417 g/mol.